The summed E-state index contributed by atoms with van der Waals surface area (Å²) in [6, 6.07) is 1.26. The van der Waals surface area contributed by atoms with Crippen LogP contribution in [0.2, 0.25) is 0 Å². The highest BCUT2D eigenvalue weighted by atomic mass is 32.2. The van der Waals surface area contributed by atoms with Crippen LogP contribution in [0, 0.1) is 5.92 Å². The molecule has 0 aromatic carbocycles. The van der Waals surface area contributed by atoms with Gasteiger partial charge in [0.15, 0.2) is 0 Å². The highest BCUT2D eigenvalue weighted by Gasteiger charge is 2.33. The number of carboxylic acids is 1. The van der Waals surface area contributed by atoms with Crippen molar-refractivity contribution in [3.05, 3.63) is 18.0 Å². The van der Waals surface area contributed by atoms with Gasteiger partial charge in [0.1, 0.15) is 10.6 Å². The summed E-state index contributed by atoms with van der Waals surface area (Å²) in [5, 5.41) is 9.12. The predicted molar refractivity (Wildman–Crippen MR) is 78.8 cm³/mol. The Kier molecular flexibility index (Phi) is 4.73. The second kappa shape index (κ2) is 6.19. The standard InChI is InChI=1S/C14H22N2O4S/c1-3-5-11-6-7-16(9-11)21(19,20)12-8-13(14(17)18)15(4-2)10-12/h8,10-11H,3-7,9H2,1-2H3,(H,17,18). The van der Waals surface area contributed by atoms with Crippen molar-refractivity contribution in [2.45, 2.75) is 44.6 Å². The van der Waals surface area contributed by atoms with E-state index in [1.54, 1.807) is 6.92 Å². The molecule has 1 aromatic rings. The maximum absolute atomic E-state index is 12.6. The summed E-state index contributed by atoms with van der Waals surface area (Å²) in [7, 11) is -3.59. The van der Waals surface area contributed by atoms with E-state index < -0.39 is 16.0 Å². The third kappa shape index (κ3) is 3.13. The van der Waals surface area contributed by atoms with E-state index >= 15 is 0 Å². The predicted octanol–water partition coefficient (Wildman–Crippen LogP) is 2.02. The van der Waals surface area contributed by atoms with E-state index in [9.17, 15) is 13.2 Å². The van der Waals surface area contributed by atoms with E-state index in [1.165, 1.54) is 21.1 Å². The van der Waals surface area contributed by atoms with Gasteiger partial charge in [0, 0.05) is 25.8 Å². The molecule has 0 aliphatic carbocycles. The lowest BCUT2D eigenvalue weighted by Gasteiger charge is -2.15. The van der Waals surface area contributed by atoms with Gasteiger partial charge in [0.25, 0.3) is 0 Å². The summed E-state index contributed by atoms with van der Waals surface area (Å²) in [4.78, 5) is 11.2. The summed E-state index contributed by atoms with van der Waals surface area (Å²) in [6.45, 7) is 5.37. The van der Waals surface area contributed by atoms with E-state index in [2.05, 4.69) is 6.92 Å². The van der Waals surface area contributed by atoms with Crippen LogP contribution in [0.4, 0.5) is 0 Å². The number of carbonyl (C=O) groups is 1. The van der Waals surface area contributed by atoms with E-state index in [0.29, 0.717) is 25.6 Å². The van der Waals surface area contributed by atoms with Gasteiger partial charge in [-0.1, -0.05) is 13.3 Å². The molecule has 1 saturated heterocycles. The lowest BCUT2D eigenvalue weighted by molar-refractivity contribution is 0.0685. The molecule has 1 fully saturated rings. The first-order chi connectivity index (χ1) is 9.90. The fraction of sp³-hybridized carbons (Fsp3) is 0.643. The van der Waals surface area contributed by atoms with Crippen molar-refractivity contribution in [2.24, 2.45) is 5.92 Å². The minimum absolute atomic E-state index is 0.0142. The molecule has 1 aliphatic heterocycles. The van der Waals surface area contributed by atoms with Crippen LogP contribution >= 0.6 is 0 Å². The van der Waals surface area contributed by atoms with Crippen molar-refractivity contribution < 1.29 is 18.3 Å². The number of hydrogen-bond acceptors (Lipinski definition) is 3. The van der Waals surface area contributed by atoms with Gasteiger partial charge in [0.05, 0.1) is 0 Å². The van der Waals surface area contributed by atoms with Crippen LogP contribution in [0.3, 0.4) is 0 Å². The molecule has 1 aliphatic rings. The molecule has 21 heavy (non-hydrogen) atoms. The monoisotopic (exact) mass is 314 g/mol. The number of aryl methyl sites for hydroxylation is 1. The molecule has 118 valence electrons. The Morgan fingerprint density at radius 3 is 2.67 bits per heavy atom. The maximum atomic E-state index is 12.6. The second-order valence-electron chi connectivity index (χ2n) is 5.46. The van der Waals surface area contributed by atoms with Crippen LogP contribution in [0.5, 0.6) is 0 Å². The summed E-state index contributed by atoms with van der Waals surface area (Å²) >= 11 is 0. The van der Waals surface area contributed by atoms with Gasteiger partial charge >= 0.3 is 5.97 Å². The van der Waals surface area contributed by atoms with E-state index in [0.717, 1.165) is 19.3 Å². The maximum Gasteiger partial charge on any atom is 0.352 e. The van der Waals surface area contributed by atoms with Crippen molar-refractivity contribution in [1.29, 1.82) is 0 Å². The number of nitrogens with zero attached hydrogens (tertiary/aromatic N) is 2. The van der Waals surface area contributed by atoms with Gasteiger partial charge in [-0.15, -0.1) is 0 Å². The molecule has 1 N–H and O–H groups in total. The van der Waals surface area contributed by atoms with E-state index in [1.807, 2.05) is 0 Å². The number of hydrogen-bond donors (Lipinski definition) is 1. The fourth-order valence-corrected chi connectivity index (χ4v) is 4.45. The summed E-state index contributed by atoms with van der Waals surface area (Å²) in [5.74, 6) is -0.694. The van der Waals surface area contributed by atoms with E-state index in [4.69, 9.17) is 5.11 Å². The Labute approximate surface area is 125 Å². The molecule has 7 heteroatoms. The Hall–Kier alpha value is -1.34. The molecular weight excluding hydrogens is 292 g/mol. The highest BCUT2D eigenvalue weighted by Crippen LogP contribution is 2.27. The van der Waals surface area contributed by atoms with Gasteiger partial charge < -0.3 is 9.67 Å². The molecule has 2 rings (SSSR count). The zero-order valence-corrected chi connectivity index (χ0v) is 13.3. The van der Waals surface area contributed by atoms with Crippen LogP contribution < -0.4 is 0 Å². The van der Waals surface area contributed by atoms with Gasteiger partial charge in [-0.3, -0.25) is 0 Å². The van der Waals surface area contributed by atoms with Crippen molar-refractivity contribution in [3.63, 3.8) is 0 Å². The molecule has 0 spiro atoms. The van der Waals surface area contributed by atoms with Crippen LogP contribution in [-0.2, 0) is 16.6 Å². The quantitative estimate of drug-likeness (QED) is 0.871. The third-order valence-corrected chi connectivity index (χ3v) is 5.85. The van der Waals surface area contributed by atoms with Crippen LogP contribution in [0.25, 0.3) is 0 Å². The lowest BCUT2D eigenvalue weighted by atomic mass is 10.0. The SMILES string of the molecule is CCCC1CCN(S(=O)(=O)c2cc(C(=O)O)n(CC)c2)C1. The molecule has 0 saturated carbocycles. The summed E-state index contributed by atoms with van der Waals surface area (Å²) < 4.78 is 28.1. The minimum Gasteiger partial charge on any atom is -0.477 e. The fourth-order valence-electron chi connectivity index (χ4n) is 2.87. The van der Waals surface area contributed by atoms with Gasteiger partial charge in [-0.25, -0.2) is 13.2 Å². The first kappa shape index (κ1) is 16.0. The molecule has 0 bridgehead atoms. The largest absolute Gasteiger partial charge is 0.477 e. The second-order valence-corrected chi connectivity index (χ2v) is 7.40. The van der Waals surface area contributed by atoms with Crippen molar-refractivity contribution in [1.82, 2.24) is 8.87 Å². The van der Waals surface area contributed by atoms with Gasteiger partial charge in [-0.05, 0) is 31.7 Å². The third-order valence-electron chi connectivity index (χ3n) is 4.01. The Morgan fingerprint density at radius 2 is 2.14 bits per heavy atom. The number of carboxylic acid groups (broad SMARTS) is 1. The summed E-state index contributed by atoms with van der Waals surface area (Å²) in [6.07, 6.45) is 4.38. The molecule has 1 unspecified atom stereocenters. The molecule has 1 aromatic heterocycles. The topological polar surface area (TPSA) is 79.6 Å². The molecule has 6 nitrogen and oxygen atoms in total. The van der Waals surface area contributed by atoms with Crippen molar-refractivity contribution in [2.75, 3.05) is 13.1 Å². The van der Waals surface area contributed by atoms with Crippen LogP contribution in [-0.4, -0.2) is 41.5 Å². The first-order valence-corrected chi connectivity index (χ1v) is 8.77. The summed E-state index contributed by atoms with van der Waals surface area (Å²) in [5.41, 5.74) is 0.0142. The Morgan fingerprint density at radius 1 is 1.43 bits per heavy atom. The van der Waals surface area contributed by atoms with Crippen molar-refractivity contribution >= 4 is 16.0 Å². The highest BCUT2D eigenvalue weighted by molar-refractivity contribution is 7.89. The zero-order valence-electron chi connectivity index (χ0n) is 12.4. The Bertz CT molecular complexity index is 621. The average Bonchev–Trinajstić information content (AvgIpc) is 3.05. The number of rotatable bonds is 6. The van der Waals surface area contributed by atoms with Crippen LogP contribution in [0.15, 0.2) is 17.2 Å². The van der Waals surface area contributed by atoms with Gasteiger partial charge in [0.2, 0.25) is 10.0 Å². The number of sulfonamides is 1. The molecule has 0 radical (unpaired) electrons. The normalized spacial score (nSPS) is 20.0. The smallest absolute Gasteiger partial charge is 0.352 e. The first-order valence-electron chi connectivity index (χ1n) is 7.33. The van der Waals surface area contributed by atoms with Crippen molar-refractivity contribution in [3.8, 4) is 0 Å². The minimum atomic E-state index is -3.59. The molecule has 0 amide bonds. The number of aromatic nitrogens is 1. The average molecular weight is 314 g/mol. The van der Waals surface area contributed by atoms with E-state index in [-0.39, 0.29) is 10.6 Å². The van der Waals surface area contributed by atoms with Gasteiger partial charge in [-0.2, -0.15) is 4.31 Å². The lowest BCUT2D eigenvalue weighted by Crippen LogP contribution is -2.28. The zero-order chi connectivity index (χ0) is 15.6. The van der Waals surface area contributed by atoms with Crippen LogP contribution in [0.1, 0.15) is 43.6 Å². The number of aromatic carboxylic acids is 1. The Balaban J connectivity index is 2.26. The molecular formula is C14H22N2O4S. The molecule has 1 atom stereocenters. The molecule has 2 heterocycles.